The highest BCUT2D eigenvalue weighted by molar-refractivity contribution is 7.94. The molecular formula is C16H18N4O3S. The maximum atomic E-state index is 12.1. The van der Waals surface area contributed by atoms with Crippen molar-refractivity contribution in [2.75, 3.05) is 5.75 Å². The van der Waals surface area contributed by atoms with Crippen LogP contribution in [-0.2, 0) is 14.6 Å². The molecule has 0 spiro atoms. The van der Waals surface area contributed by atoms with E-state index in [0.29, 0.717) is 0 Å². The molecule has 2 aromatic rings. The van der Waals surface area contributed by atoms with Crippen LogP contribution >= 0.6 is 0 Å². The zero-order valence-electron chi connectivity index (χ0n) is 13.2. The maximum absolute atomic E-state index is 12.1. The van der Waals surface area contributed by atoms with Gasteiger partial charge in [0.1, 0.15) is 12.7 Å². The van der Waals surface area contributed by atoms with Gasteiger partial charge in [0.25, 0.3) is 0 Å². The average Bonchev–Trinajstić information content (AvgIpc) is 3.17. The number of nitrogens with zero attached hydrogens (tertiary/aromatic N) is 3. The van der Waals surface area contributed by atoms with Crippen LogP contribution in [0.1, 0.15) is 24.9 Å². The quantitative estimate of drug-likeness (QED) is 0.883. The maximum Gasteiger partial charge on any atom is 0.221 e. The smallest absolute Gasteiger partial charge is 0.221 e. The number of rotatable bonds is 5. The summed E-state index contributed by atoms with van der Waals surface area (Å²) in [5, 5.41) is 8.15. The third-order valence-electron chi connectivity index (χ3n) is 3.91. The zero-order valence-corrected chi connectivity index (χ0v) is 14.0. The first-order chi connectivity index (χ1) is 11.4. The van der Waals surface area contributed by atoms with Gasteiger partial charge in [-0.3, -0.25) is 4.79 Å². The molecule has 0 aliphatic carbocycles. The van der Waals surface area contributed by atoms with Gasteiger partial charge in [0.15, 0.2) is 9.84 Å². The summed E-state index contributed by atoms with van der Waals surface area (Å²) in [6.45, 7) is 1.89. The van der Waals surface area contributed by atoms with Crippen molar-refractivity contribution in [1.29, 1.82) is 0 Å². The number of allylic oxidation sites excluding steroid dienone is 1. The van der Waals surface area contributed by atoms with Crippen molar-refractivity contribution in [3.63, 3.8) is 0 Å². The Hall–Kier alpha value is -2.48. The van der Waals surface area contributed by atoms with Gasteiger partial charge in [0, 0.05) is 17.7 Å². The molecule has 1 aromatic heterocycles. The van der Waals surface area contributed by atoms with Gasteiger partial charge in [-0.1, -0.05) is 18.2 Å². The Balaban J connectivity index is 1.57. The fourth-order valence-electron chi connectivity index (χ4n) is 2.65. The van der Waals surface area contributed by atoms with Gasteiger partial charge in [0.05, 0.1) is 17.5 Å². The van der Waals surface area contributed by atoms with E-state index < -0.39 is 9.84 Å². The van der Waals surface area contributed by atoms with Gasteiger partial charge in [-0.2, -0.15) is 5.10 Å². The molecule has 24 heavy (non-hydrogen) atoms. The summed E-state index contributed by atoms with van der Waals surface area (Å²) in [6, 6.07) is 7.48. The van der Waals surface area contributed by atoms with Gasteiger partial charge in [-0.15, -0.1) is 0 Å². The van der Waals surface area contributed by atoms with Crippen LogP contribution in [0.5, 0.6) is 0 Å². The second-order valence-corrected chi connectivity index (χ2v) is 7.77. The van der Waals surface area contributed by atoms with Gasteiger partial charge < -0.3 is 5.32 Å². The lowest BCUT2D eigenvalue weighted by Gasteiger charge is -2.16. The van der Waals surface area contributed by atoms with E-state index in [1.54, 1.807) is 17.1 Å². The summed E-state index contributed by atoms with van der Waals surface area (Å²) in [5.74, 6) is -0.381. The third-order valence-corrected chi connectivity index (χ3v) is 5.37. The monoisotopic (exact) mass is 346 g/mol. The normalized spacial score (nSPS) is 20.0. The topological polar surface area (TPSA) is 94.0 Å². The Morgan fingerprint density at radius 1 is 1.38 bits per heavy atom. The van der Waals surface area contributed by atoms with Gasteiger partial charge in [-0.25, -0.2) is 18.1 Å². The fraction of sp³-hybridized carbons (Fsp3) is 0.312. The average molecular weight is 346 g/mol. The number of benzene rings is 1. The van der Waals surface area contributed by atoms with E-state index in [9.17, 15) is 13.2 Å². The lowest BCUT2D eigenvalue weighted by atomic mass is 10.1. The van der Waals surface area contributed by atoms with Crippen LogP contribution in [0, 0.1) is 5.92 Å². The molecule has 3 rings (SSSR count). The van der Waals surface area contributed by atoms with E-state index >= 15 is 0 Å². The number of carbonyl (C=O) groups is 1. The number of nitrogens with one attached hydrogen (secondary N) is 1. The van der Waals surface area contributed by atoms with E-state index in [-0.39, 0.29) is 30.0 Å². The summed E-state index contributed by atoms with van der Waals surface area (Å²) in [7, 11) is -3.12. The Kier molecular flexibility index (Phi) is 4.48. The van der Waals surface area contributed by atoms with Crippen LogP contribution in [-0.4, -0.2) is 34.8 Å². The molecule has 2 atom stereocenters. The van der Waals surface area contributed by atoms with Crippen molar-refractivity contribution in [3.05, 3.63) is 54.0 Å². The van der Waals surface area contributed by atoms with Crippen molar-refractivity contribution in [2.24, 2.45) is 5.92 Å². The van der Waals surface area contributed by atoms with Crippen LogP contribution in [0.25, 0.3) is 5.69 Å². The van der Waals surface area contributed by atoms with Crippen LogP contribution in [0.15, 0.2) is 48.4 Å². The second-order valence-electron chi connectivity index (χ2n) is 5.84. The molecule has 0 bridgehead atoms. The Labute approximate surface area is 140 Å². The minimum atomic E-state index is -3.12. The molecule has 8 heteroatoms. The summed E-state index contributed by atoms with van der Waals surface area (Å²) in [5.41, 5.74) is 1.85. The van der Waals surface area contributed by atoms with Crippen molar-refractivity contribution in [1.82, 2.24) is 20.1 Å². The van der Waals surface area contributed by atoms with E-state index in [2.05, 4.69) is 15.4 Å². The van der Waals surface area contributed by atoms with Gasteiger partial charge >= 0.3 is 0 Å². The zero-order chi connectivity index (χ0) is 17.2. The summed E-state index contributed by atoms with van der Waals surface area (Å²) < 4.78 is 24.4. The first-order valence-electron chi connectivity index (χ1n) is 7.58. The molecule has 0 saturated heterocycles. The van der Waals surface area contributed by atoms with E-state index in [1.807, 2.05) is 31.2 Å². The molecule has 1 aromatic carbocycles. The summed E-state index contributed by atoms with van der Waals surface area (Å²) in [6.07, 6.45) is 4.85. The molecule has 0 fully saturated rings. The highest BCUT2D eigenvalue weighted by Gasteiger charge is 2.24. The van der Waals surface area contributed by atoms with Crippen LogP contribution < -0.4 is 5.32 Å². The first-order valence-corrected chi connectivity index (χ1v) is 9.30. The lowest BCUT2D eigenvalue weighted by molar-refractivity contribution is -0.122. The molecule has 1 aliphatic heterocycles. The van der Waals surface area contributed by atoms with E-state index in [1.165, 1.54) is 11.7 Å². The standard InChI is InChI=1S/C16H18N4O3S/c1-12(19-16(21)8-13-6-7-24(22,23)9-13)14-2-4-15(5-3-14)20-11-17-10-18-20/h2-7,10-13H,8-9H2,1H3,(H,19,21)/t12-,13-/m0/s1. The van der Waals surface area contributed by atoms with Crippen molar-refractivity contribution in [3.8, 4) is 5.69 Å². The Morgan fingerprint density at radius 2 is 2.12 bits per heavy atom. The first kappa shape index (κ1) is 16.4. The Morgan fingerprint density at radius 3 is 2.71 bits per heavy atom. The number of aromatic nitrogens is 3. The van der Waals surface area contributed by atoms with Crippen LogP contribution in [0.3, 0.4) is 0 Å². The largest absolute Gasteiger partial charge is 0.350 e. The lowest BCUT2D eigenvalue weighted by Crippen LogP contribution is -2.28. The molecule has 126 valence electrons. The molecule has 1 N–H and O–H groups in total. The molecule has 1 aliphatic rings. The number of amides is 1. The molecular weight excluding hydrogens is 328 g/mol. The molecule has 0 saturated carbocycles. The molecule has 2 heterocycles. The molecule has 7 nitrogen and oxygen atoms in total. The fourth-order valence-corrected chi connectivity index (χ4v) is 4.04. The molecule has 0 radical (unpaired) electrons. The van der Waals surface area contributed by atoms with Gasteiger partial charge in [0.2, 0.25) is 5.91 Å². The van der Waals surface area contributed by atoms with Crippen LogP contribution in [0.2, 0.25) is 0 Å². The van der Waals surface area contributed by atoms with E-state index in [4.69, 9.17) is 0 Å². The van der Waals surface area contributed by atoms with Crippen LogP contribution in [0.4, 0.5) is 0 Å². The summed E-state index contributed by atoms with van der Waals surface area (Å²) in [4.78, 5) is 16.0. The third kappa shape index (κ3) is 3.88. The predicted octanol–water partition coefficient (Wildman–Crippen LogP) is 1.39. The number of hydrogen-bond donors (Lipinski definition) is 1. The highest BCUT2D eigenvalue weighted by atomic mass is 32.2. The minimum Gasteiger partial charge on any atom is -0.350 e. The number of hydrogen-bond acceptors (Lipinski definition) is 5. The highest BCUT2D eigenvalue weighted by Crippen LogP contribution is 2.20. The minimum absolute atomic E-state index is 0.0153. The summed E-state index contributed by atoms with van der Waals surface area (Å²) >= 11 is 0. The van der Waals surface area contributed by atoms with E-state index in [0.717, 1.165) is 11.3 Å². The van der Waals surface area contributed by atoms with Crippen molar-refractivity contribution in [2.45, 2.75) is 19.4 Å². The SMILES string of the molecule is C[C@H](NC(=O)C[C@@H]1C=CS(=O)(=O)C1)c1ccc(-n2cncn2)cc1. The second kappa shape index (κ2) is 6.56. The predicted molar refractivity (Wildman–Crippen MR) is 89.0 cm³/mol. The molecule has 1 amide bonds. The van der Waals surface area contributed by atoms with Crippen molar-refractivity contribution >= 4 is 15.7 Å². The number of carbonyl (C=O) groups excluding carboxylic acids is 1. The van der Waals surface area contributed by atoms with Gasteiger partial charge in [-0.05, 0) is 24.6 Å². The molecule has 0 unspecified atom stereocenters. The van der Waals surface area contributed by atoms with Crippen molar-refractivity contribution < 1.29 is 13.2 Å². The Bertz CT molecular complexity index is 842. The number of sulfone groups is 1.